The van der Waals surface area contributed by atoms with E-state index in [0.717, 1.165) is 39.6 Å². The number of carbonyl (C=O) groups is 2. The van der Waals surface area contributed by atoms with Crippen LogP contribution in [0.5, 0.6) is 0 Å². The predicted octanol–water partition coefficient (Wildman–Crippen LogP) is 4.99. The number of rotatable bonds is 9. The van der Waals surface area contributed by atoms with E-state index >= 15 is 0 Å². The van der Waals surface area contributed by atoms with Gasteiger partial charge >= 0.3 is 0 Å². The van der Waals surface area contributed by atoms with Gasteiger partial charge in [-0.05, 0) is 80.8 Å². The second kappa shape index (κ2) is 10.5. The molecule has 0 saturated heterocycles. The summed E-state index contributed by atoms with van der Waals surface area (Å²) < 4.78 is 4.89. The fraction of sp³-hybridized carbons (Fsp3) is 0.385. The summed E-state index contributed by atoms with van der Waals surface area (Å²) in [4.78, 5) is 25.4. The summed E-state index contributed by atoms with van der Waals surface area (Å²) in [6.45, 7) is 4.50. The lowest BCUT2D eigenvalue weighted by atomic mass is 10.0. The van der Waals surface area contributed by atoms with Crippen molar-refractivity contribution in [3.05, 3.63) is 52.1 Å². The smallest absolute Gasteiger partial charge is 0.270 e. The molecular formula is C26H32BrN5O2S. The molecule has 4 rings (SSSR count). The summed E-state index contributed by atoms with van der Waals surface area (Å²) >= 11 is 3.47. The third-order valence-corrected chi connectivity index (χ3v) is 7.65. The summed E-state index contributed by atoms with van der Waals surface area (Å²) in [6, 6.07) is 12.1. The first-order valence-electron chi connectivity index (χ1n) is 11.8. The van der Waals surface area contributed by atoms with Gasteiger partial charge in [0.25, 0.3) is 5.91 Å². The van der Waals surface area contributed by atoms with Gasteiger partial charge in [0.15, 0.2) is 0 Å². The van der Waals surface area contributed by atoms with Crippen LogP contribution in [0.1, 0.15) is 55.1 Å². The summed E-state index contributed by atoms with van der Waals surface area (Å²) in [7, 11) is 1.30. The first kappa shape index (κ1) is 25.4. The topological polar surface area (TPSA) is 79.3 Å². The van der Waals surface area contributed by atoms with Crippen LogP contribution in [-0.4, -0.2) is 53.4 Å². The Bertz CT molecular complexity index is 1280. The number of hydrogen-bond donors (Lipinski definition) is 2. The molecule has 1 fully saturated rings. The standard InChI is InChI=1S/C26H32BrN5O2S/c1-16(2)29-24(33)12-13-31(35(4)5)23-15-22-21(14-20(23)17-6-7-17)25(26(34)28-3)32(30-22)19-10-8-18(27)9-11-19/h8-11,14-17H,4,6-7,12-13H2,1-3,5H3,(H,28,34)(H,29,33). The number of aromatic nitrogens is 2. The van der Waals surface area contributed by atoms with E-state index in [-0.39, 0.29) is 28.5 Å². The van der Waals surface area contributed by atoms with Gasteiger partial charge in [-0.25, -0.2) is 4.68 Å². The molecule has 35 heavy (non-hydrogen) atoms. The maximum Gasteiger partial charge on any atom is 0.270 e. The molecule has 1 saturated carbocycles. The lowest BCUT2D eigenvalue weighted by Crippen LogP contribution is -2.33. The van der Waals surface area contributed by atoms with Gasteiger partial charge in [-0.2, -0.15) is 5.10 Å². The van der Waals surface area contributed by atoms with Crippen LogP contribution in [0.2, 0.25) is 0 Å². The minimum Gasteiger partial charge on any atom is -0.354 e. The molecule has 1 aliphatic carbocycles. The first-order chi connectivity index (χ1) is 16.7. The Morgan fingerprint density at radius 2 is 1.94 bits per heavy atom. The number of fused-ring (bicyclic) bond motifs is 1. The Hall–Kier alpha value is -2.65. The molecular weight excluding hydrogens is 526 g/mol. The number of carbonyl (C=O) groups excluding carboxylic acids is 2. The number of nitrogens with one attached hydrogen (secondary N) is 2. The van der Waals surface area contributed by atoms with Crippen molar-refractivity contribution in [3.63, 3.8) is 0 Å². The van der Waals surface area contributed by atoms with Crippen LogP contribution >= 0.6 is 26.6 Å². The molecule has 1 atom stereocenters. The van der Waals surface area contributed by atoms with Crippen LogP contribution in [0.15, 0.2) is 40.9 Å². The Balaban J connectivity index is 1.83. The molecule has 9 heteroatoms. The number of halogens is 1. The second-order valence-electron chi connectivity index (χ2n) is 9.19. The van der Waals surface area contributed by atoms with Crippen molar-refractivity contribution in [3.8, 4) is 5.69 Å². The van der Waals surface area contributed by atoms with Crippen LogP contribution in [-0.2, 0) is 4.79 Å². The highest BCUT2D eigenvalue weighted by molar-refractivity contribution is 9.10. The van der Waals surface area contributed by atoms with E-state index in [4.69, 9.17) is 5.10 Å². The van der Waals surface area contributed by atoms with Crippen LogP contribution in [0, 0.1) is 0 Å². The largest absolute Gasteiger partial charge is 0.354 e. The molecule has 2 amide bonds. The average molecular weight is 559 g/mol. The summed E-state index contributed by atoms with van der Waals surface area (Å²) in [5, 5.41) is 11.4. The lowest BCUT2D eigenvalue weighted by Gasteiger charge is -2.28. The number of amides is 2. The molecule has 186 valence electrons. The van der Waals surface area contributed by atoms with Gasteiger partial charge in [-0.1, -0.05) is 21.8 Å². The molecule has 1 heterocycles. The molecule has 0 aliphatic heterocycles. The van der Waals surface area contributed by atoms with Crippen molar-refractivity contribution in [2.75, 3.05) is 24.2 Å². The fourth-order valence-electron chi connectivity index (χ4n) is 4.22. The quantitative estimate of drug-likeness (QED) is 0.363. The fourth-order valence-corrected chi connectivity index (χ4v) is 5.38. The summed E-state index contributed by atoms with van der Waals surface area (Å²) in [5.74, 6) is 4.60. The van der Waals surface area contributed by atoms with Crippen LogP contribution in [0.4, 0.5) is 5.69 Å². The van der Waals surface area contributed by atoms with Crippen molar-refractivity contribution in [2.24, 2.45) is 0 Å². The zero-order chi connectivity index (χ0) is 25.3. The van der Waals surface area contributed by atoms with E-state index in [0.29, 0.717) is 24.6 Å². The molecule has 0 spiro atoms. The maximum atomic E-state index is 13.0. The molecule has 3 aromatic rings. The Kier molecular flexibility index (Phi) is 7.66. The van der Waals surface area contributed by atoms with E-state index in [9.17, 15) is 9.59 Å². The predicted molar refractivity (Wildman–Crippen MR) is 150 cm³/mol. The SMILES string of the molecule is C=S(C)N(CCC(=O)NC(C)C)c1cc2nn(-c3ccc(Br)cc3)c(C(=O)NC)c2cc1C1CC1. The molecule has 1 unspecified atom stereocenters. The van der Waals surface area contributed by atoms with Crippen LogP contribution in [0.3, 0.4) is 0 Å². The van der Waals surface area contributed by atoms with E-state index < -0.39 is 0 Å². The van der Waals surface area contributed by atoms with Crippen LogP contribution < -0.4 is 14.9 Å². The summed E-state index contributed by atoms with van der Waals surface area (Å²) in [5.41, 5.74) is 4.33. The first-order valence-corrected chi connectivity index (χ1v) is 14.3. The maximum absolute atomic E-state index is 13.0. The van der Waals surface area contributed by atoms with E-state index in [1.807, 2.05) is 38.1 Å². The van der Waals surface area contributed by atoms with E-state index in [1.165, 1.54) is 5.56 Å². The van der Waals surface area contributed by atoms with Crippen molar-refractivity contribution in [2.45, 2.75) is 45.1 Å². The summed E-state index contributed by atoms with van der Waals surface area (Å²) in [6.07, 6.45) is 4.69. The van der Waals surface area contributed by atoms with Gasteiger partial charge in [0, 0.05) is 35.9 Å². The molecule has 1 aliphatic rings. The van der Waals surface area contributed by atoms with Gasteiger partial charge < -0.3 is 14.9 Å². The number of anilines is 1. The molecule has 0 bridgehead atoms. The Labute approximate surface area is 217 Å². The minimum absolute atomic E-state index is 0.0333. The lowest BCUT2D eigenvalue weighted by molar-refractivity contribution is -0.121. The normalized spacial score (nSPS) is 14.2. The van der Waals surface area contributed by atoms with Crippen LogP contribution in [0.25, 0.3) is 16.6 Å². The number of nitrogens with zero attached hydrogens (tertiary/aromatic N) is 3. The highest BCUT2D eigenvalue weighted by Crippen LogP contribution is 2.47. The van der Waals surface area contributed by atoms with Gasteiger partial charge in [0.05, 0.1) is 16.9 Å². The minimum atomic E-state index is -0.339. The van der Waals surface area contributed by atoms with E-state index in [1.54, 1.807) is 11.7 Å². The molecule has 0 radical (unpaired) electrons. The van der Waals surface area contributed by atoms with Crippen molar-refractivity contribution < 1.29 is 9.59 Å². The molecule has 1 aromatic heterocycles. The molecule has 7 nitrogen and oxygen atoms in total. The number of hydrogen-bond acceptors (Lipinski definition) is 4. The van der Waals surface area contributed by atoms with Gasteiger partial charge in [0.2, 0.25) is 5.91 Å². The molecule has 2 N–H and O–H groups in total. The van der Waals surface area contributed by atoms with Crippen molar-refractivity contribution in [1.29, 1.82) is 0 Å². The third kappa shape index (κ3) is 5.62. The average Bonchev–Trinajstić information content (AvgIpc) is 3.58. The third-order valence-electron chi connectivity index (χ3n) is 5.99. The molecule has 2 aromatic carbocycles. The Morgan fingerprint density at radius 3 is 2.51 bits per heavy atom. The highest BCUT2D eigenvalue weighted by atomic mass is 79.9. The van der Waals surface area contributed by atoms with Crippen molar-refractivity contribution in [1.82, 2.24) is 20.4 Å². The van der Waals surface area contributed by atoms with Gasteiger partial charge in [0.1, 0.15) is 5.69 Å². The monoisotopic (exact) mass is 557 g/mol. The zero-order valence-electron chi connectivity index (χ0n) is 20.6. The Morgan fingerprint density at radius 1 is 1.26 bits per heavy atom. The van der Waals surface area contributed by atoms with Gasteiger partial charge in [-0.3, -0.25) is 9.59 Å². The highest BCUT2D eigenvalue weighted by Gasteiger charge is 2.31. The zero-order valence-corrected chi connectivity index (χ0v) is 23.0. The number of benzene rings is 2. The van der Waals surface area contributed by atoms with Crippen molar-refractivity contribution >= 4 is 60.9 Å². The van der Waals surface area contributed by atoms with E-state index in [2.05, 4.69) is 55.1 Å². The second-order valence-corrected chi connectivity index (χ2v) is 11.8. The van der Waals surface area contributed by atoms with Gasteiger partial charge in [-0.15, -0.1) is 10.7 Å².